The third-order valence-electron chi connectivity index (χ3n) is 2.52. The predicted molar refractivity (Wildman–Crippen MR) is 77.4 cm³/mol. The summed E-state index contributed by atoms with van der Waals surface area (Å²) >= 11 is 15.5. The van der Waals surface area contributed by atoms with Gasteiger partial charge in [0.25, 0.3) is 0 Å². The molecule has 0 amide bonds. The van der Waals surface area contributed by atoms with E-state index in [-0.39, 0.29) is 10.7 Å². The van der Waals surface area contributed by atoms with Crippen LogP contribution in [0.3, 0.4) is 0 Å². The van der Waals surface area contributed by atoms with Gasteiger partial charge in [0.05, 0.1) is 29.8 Å². The topological polar surface area (TPSA) is 48.4 Å². The number of hydrogen-bond acceptors (Lipinski definition) is 4. The third kappa shape index (κ3) is 2.50. The van der Waals surface area contributed by atoms with Gasteiger partial charge in [0.15, 0.2) is 5.69 Å². The van der Waals surface area contributed by atoms with Crippen LogP contribution in [0.4, 0.5) is 0 Å². The molecule has 7 heteroatoms. The Morgan fingerprint density at radius 1 is 1.26 bits per heavy atom. The average molecular weight is 365 g/mol. The molecule has 0 saturated heterocycles. The Balaban J connectivity index is 2.85. The van der Waals surface area contributed by atoms with Crippen LogP contribution in [0, 0.1) is 0 Å². The first-order chi connectivity index (χ1) is 8.99. The normalized spacial score (nSPS) is 10.6. The summed E-state index contributed by atoms with van der Waals surface area (Å²) in [6.07, 6.45) is 0. The van der Waals surface area contributed by atoms with E-state index >= 15 is 0 Å². The zero-order valence-corrected chi connectivity index (χ0v) is 13.1. The van der Waals surface area contributed by atoms with Crippen molar-refractivity contribution in [2.75, 3.05) is 14.2 Å². The van der Waals surface area contributed by atoms with E-state index in [9.17, 15) is 4.79 Å². The summed E-state index contributed by atoms with van der Waals surface area (Å²) in [5.74, 6) is -0.111. The van der Waals surface area contributed by atoms with Gasteiger partial charge in [-0.25, -0.2) is 9.78 Å². The van der Waals surface area contributed by atoms with Gasteiger partial charge in [-0.15, -0.1) is 0 Å². The van der Waals surface area contributed by atoms with Gasteiger partial charge in [-0.2, -0.15) is 0 Å². The van der Waals surface area contributed by atoms with Gasteiger partial charge in [0.1, 0.15) is 5.75 Å². The van der Waals surface area contributed by atoms with Crippen molar-refractivity contribution < 1.29 is 14.3 Å². The van der Waals surface area contributed by atoms with E-state index < -0.39 is 5.97 Å². The minimum Gasteiger partial charge on any atom is -0.496 e. The summed E-state index contributed by atoms with van der Waals surface area (Å²) in [6, 6.07) is 3.22. The lowest BCUT2D eigenvalue weighted by Crippen LogP contribution is -2.05. The fourth-order valence-corrected chi connectivity index (χ4v) is 2.55. The maximum atomic E-state index is 11.6. The summed E-state index contributed by atoms with van der Waals surface area (Å²) < 4.78 is 10.5. The smallest absolute Gasteiger partial charge is 0.356 e. The number of nitrogens with zero attached hydrogens (tertiary/aromatic N) is 1. The second kappa shape index (κ2) is 5.53. The van der Waals surface area contributed by atoms with Gasteiger partial charge in [-0.05, 0) is 22.0 Å². The number of aromatic nitrogens is 1. The lowest BCUT2D eigenvalue weighted by atomic mass is 10.2. The Morgan fingerprint density at radius 3 is 2.53 bits per heavy atom. The summed E-state index contributed by atoms with van der Waals surface area (Å²) in [7, 11) is 2.77. The van der Waals surface area contributed by atoms with Crippen LogP contribution >= 0.6 is 39.1 Å². The van der Waals surface area contributed by atoms with Crippen molar-refractivity contribution in [1.29, 1.82) is 0 Å². The van der Waals surface area contributed by atoms with Crippen molar-refractivity contribution in [3.8, 4) is 5.75 Å². The molecule has 0 fully saturated rings. The zero-order valence-electron chi connectivity index (χ0n) is 9.96. The summed E-state index contributed by atoms with van der Waals surface area (Å²) in [6.45, 7) is 0. The van der Waals surface area contributed by atoms with E-state index in [1.54, 1.807) is 6.07 Å². The van der Waals surface area contributed by atoms with Gasteiger partial charge < -0.3 is 9.47 Å². The number of pyridine rings is 1. The van der Waals surface area contributed by atoms with E-state index in [0.717, 1.165) is 0 Å². The standard InChI is InChI=1S/C12H8BrCl2NO3/c1-18-8-4-7(12(17)19-2)16-11-5(8)3-6(13)9(14)10(11)15/h3-4H,1-2H3. The second-order valence-electron chi connectivity index (χ2n) is 3.58. The number of esters is 1. The van der Waals surface area contributed by atoms with Crippen LogP contribution in [0.15, 0.2) is 16.6 Å². The van der Waals surface area contributed by atoms with Crippen LogP contribution in [0.25, 0.3) is 10.9 Å². The zero-order chi connectivity index (χ0) is 14.2. The van der Waals surface area contributed by atoms with Gasteiger partial charge in [-0.1, -0.05) is 23.2 Å². The minimum atomic E-state index is -0.574. The molecule has 19 heavy (non-hydrogen) atoms. The number of methoxy groups -OCH3 is 2. The van der Waals surface area contributed by atoms with E-state index in [1.807, 2.05) is 0 Å². The molecule has 0 atom stereocenters. The quantitative estimate of drug-likeness (QED) is 0.594. The highest BCUT2D eigenvalue weighted by atomic mass is 79.9. The van der Waals surface area contributed by atoms with Crippen molar-refractivity contribution in [3.05, 3.63) is 32.3 Å². The molecule has 0 radical (unpaired) electrons. The number of carbonyl (C=O) groups excluding carboxylic acids is 1. The molecular formula is C12H8BrCl2NO3. The van der Waals surface area contributed by atoms with Crippen LogP contribution in [0.1, 0.15) is 10.5 Å². The molecule has 0 aliphatic heterocycles. The molecule has 0 bridgehead atoms. The molecule has 100 valence electrons. The van der Waals surface area contributed by atoms with Crippen LogP contribution < -0.4 is 4.74 Å². The highest BCUT2D eigenvalue weighted by Gasteiger charge is 2.17. The van der Waals surface area contributed by atoms with E-state index in [4.69, 9.17) is 27.9 Å². The minimum absolute atomic E-state index is 0.104. The first-order valence-electron chi connectivity index (χ1n) is 5.10. The highest BCUT2D eigenvalue weighted by Crippen LogP contribution is 2.39. The number of hydrogen-bond donors (Lipinski definition) is 0. The maximum Gasteiger partial charge on any atom is 0.356 e. The Bertz CT molecular complexity index is 676. The molecule has 0 unspecified atom stereocenters. The Kier molecular flexibility index (Phi) is 4.18. The number of ether oxygens (including phenoxy) is 2. The lowest BCUT2D eigenvalue weighted by molar-refractivity contribution is 0.0594. The molecule has 4 nitrogen and oxygen atoms in total. The van der Waals surface area contributed by atoms with Gasteiger partial charge in [0.2, 0.25) is 0 Å². The van der Waals surface area contributed by atoms with Gasteiger partial charge >= 0.3 is 5.97 Å². The van der Waals surface area contributed by atoms with Crippen molar-refractivity contribution in [2.45, 2.75) is 0 Å². The molecule has 0 spiro atoms. The van der Waals surface area contributed by atoms with Crippen LogP contribution in [-0.4, -0.2) is 25.2 Å². The van der Waals surface area contributed by atoms with Crippen LogP contribution in [-0.2, 0) is 4.74 Å². The summed E-state index contributed by atoms with van der Waals surface area (Å²) in [5.41, 5.74) is 0.488. The molecule has 0 aliphatic carbocycles. The van der Waals surface area contributed by atoms with Crippen molar-refractivity contribution in [2.24, 2.45) is 0 Å². The van der Waals surface area contributed by atoms with Crippen molar-refractivity contribution in [1.82, 2.24) is 4.98 Å². The molecule has 1 heterocycles. The molecule has 2 rings (SSSR count). The van der Waals surface area contributed by atoms with Gasteiger partial charge in [-0.3, -0.25) is 0 Å². The number of halogens is 3. The Hall–Kier alpha value is -1.04. The Labute approximate surface area is 127 Å². The third-order valence-corrected chi connectivity index (χ3v) is 4.23. The second-order valence-corrected chi connectivity index (χ2v) is 5.19. The molecule has 0 saturated carbocycles. The highest BCUT2D eigenvalue weighted by molar-refractivity contribution is 9.10. The average Bonchev–Trinajstić information content (AvgIpc) is 2.43. The SMILES string of the molecule is COC(=O)c1cc(OC)c2cc(Br)c(Cl)c(Cl)c2n1. The molecule has 0 N–H and O–H groups in total. The molecule has 0 aliphatic rings. The number of carbonyl (C=O) groups is 1. The van der Waals surface area contributed by atoms with Crippen LogP contribution in [0.2, 0.25) is 10.0 Å². The van der Waals surface area contributed by atoms with Gasteiger partial charge in [0, 0.05) is 15.9 Å². The largest absolute Gasteiger partial charge is 0.496 e. The van der Waals surface area contributed by atoms with Crippen molar-refractivity contribution >= 4 is 56.0 Å². The number of fused-ring (bicyclic) bond motifs is 1. The first kappa shape index (κ1) is 14.4. The predicted octanol–water partition coefficient (Wildman–Crippen LogP) is 4.10. The summed E-state index contributed by atoms with van der Waals surface area (Å²) in [4.78, 5) is 15.7. The molecule has 2 aromatic rings. The lowest BCUT2D eigenvalue weighted by Gasteiger charge is -2.10. The van der Waals surface area contributed by atoms with E-state index in [1.165, 1.54) is 20.3 Å². The first-order valence-corrected chi connectivity index (χ1v) is 6.65. The molecule has 1 aromatic heterocycles. The monoisotopic (exact) mass is 363 g/mol. The van der Waals surface area contributed by atoms with E-state index in [0.29, 0.717) is 26.1 Å². The number of rotatable bonds is 2. The Morgan fingerprint density at radius 2 is 1.95 bits per heavy atom. The molecule has 1 aromatic carbocycles. The van der Waals surface area contributed by atoms with E-state index in [2.05, 4.69) is 25.7 Å². The number of benzene rings is 1. The fraction of sp³-hybridized carbons (Fsp3) is 0.167. The molecular weight excluding hydrogens is 357 g/mol. The maximum absolute atomic E-state index is 11.6. The summed E-state index contributed by atoms with van der Waals surface area (Å²) in [5, 5.41) is 1.22. The van der Waals surface area contributed by atoms with Crippen molar-refractivity contribution in [3.63, 3.8) is 0 Å². The fourth-order valence-electron chi connectivity index (χ4n) is 1.62. The van der Waals surface area contributed by atoms with Crippen LogP contribution in [0.5, 0.6) is 5.75 Å².